The molecule has 0 aromatic carbocycles. The van der Waals surface area contributed by atoms with Gasteiger partial charge in [-0.25, -0.2) is 9.97 Å². The van der Waals surface area contributed by atoms with E-state index in [2.05, 4.69) is 9.97 Å². The van der Waals surface area contributed by atoms with Crippen LogP contribution in [-0.4, -0.2) is 9.97 Å². The Balaban J connectivity index is 2.46. The smallest absolute Gasteiger partial charge is 0.220 e. The molecule has 0 unspecified atom stereocenters. The van der Waals surface area contributed by atoms with Crippen LogP contribution in [0.15, 0.2) is 24.4 Å². The van der Waals surface area contributed by atoms with E-state index in [0.717, 1.165) is 14.9 Å². The topological polar surface area (TPSA) is 51.8 Å². The molecule has 0 aliphatic heterocycles. The van der Waals surface area contributed by atoms with Crippen LogP contribution in [0.2, 0.25) is 4.34 Å². The number of nitrogen functional groups attached to an aromatic ring is 1. The fourth-order valence-electron chi connectivity index (χ4n) is 0.963. The third-order valence-corrected chi connectivity index (χ3v) is 2.75. The Hall–Kier alpha value is -1.13. The molecule has 0 fully saturated rings. The number of nitrogens with two attached hydrogens (primary N) is 1. The fraction of sp³-hybridized carbons (Fsp3) is 0. The number of rotatable bonds is 1. The summed E-state index contributed by atoms with van der Waals surface area (Å²) in [5, 5.41) is 0. The quantitative estimate of drug-likeness (QED) is 0.788. The van der Waals surface area contributed by atoms with Crippen LogP contribution in [0.4, 0.5) is 5.95 Å². The van der Waals surface area contributed by atoms with Crippen molar-refractivity contribution in [2.24, 2.45) is 0 Å². The van der Waals surface area contributed by atoms with Gasteiger partial charge in [0.15, 0.2) is 0 Å². The Labute approximate surface area is 84.2 Å². The summed E-state index contributed by atoms with van der Waals surface area (Å²) in [7, 11) is 0. The molecular weight excluding hydrogens is 206 g/mol. The molecule has 2 heterocycles. The Kier molecular flexibility index (Phi) is 2.16. The Morgan fingerprint density at radius 2 is 2.15 bits per heavy atom. The second-order valence-corrected chi connectivity index (χ2v) is 4.12. The van der Waals surface area contributed by atoms with Gasteiger partial charge in [0.05, 0.1) is 14.9 Å². The zero-order chi connectivity index (χ0) is 9.26. The lowest BCUT2D eigenvalue weighted by atomic mass is 10.3. The summed E-state index contributed by atoms with van der Waals surface area (Å²) in [6, 6.07) is 5.55. The van der Waals surface area contributed by atoms with Crippen molar-refractivity contribution in [3.05, 3.63) is 28.7 Å². The summed E-state index contributed by atoms with van der Waals surface area (Å²) in [5.74, 6) is 0.280. The van der Waals surface area contributed by atoms with Gasteiger partial charge in [-0.15, -0.1) is 11.3 Å². The molecule has 3 nitrogen and oxygen atoms in total. The average molecular weight is 212 g/mol. The molecule has 5 heteroatoms. The van der Waals surface area contributed by atoms with Gasteiger partial charge < -0.3 is 5.73 Å². The van der Waals surface area contributed by atoms with Crippen molar-refractivity contribution in [1.82, 2.24) is 9.97 Å². The largest absolute Gasteiger partial charge is 0.368 e. The van der Waals surface area contributed by atoms with Gasteiger partial charge in [-0.1, -0.05) is 11.6 Å². The van der Waals surface area contributed by atoms with E-state index in [1.807, 2.05) is 12.1 Å². The molecule has 2 N–H and O–H groups in total. The third-order valence-electron chi connectivity index (χ3n) is 1.50. The van der Waals surface area contributed by atoms with E-state index in [9.17, 15) is 0 Å². The van der Waals surface area contributed by atoms with Crippen LogP contribution in [0.5, 0.6) is 0 Å². The van der Waals surface area contributed by atoms with Crippen molar-refractivity contribution >= 4 is 28.9 Å². The van der Waals surface area contributed by atoms with Gasteiger partial charge in [-0.2, -0.15) is 0 Å². The van der Waals surface area contributed by atoms with Crippen molar-refractivity contribution < 1.29 is 0 Å². The summed E-state index contributed by atoms with van der Waals surface area (Å²) in [4.78, 5) is 8.88. The van der Waals surface area contributed by atoms with Crippen LogP contribution < -0.4 is 5.73 Å². The highest BCUT2D eigenvalue weighted by molar-refractivity contribution is 7.19. The Bertz CT molecular complexity index is 427. The lowest BCUT2D eigenvalue weighted by Gasteiger charge is -1.95. The second kappa shape index (κ2) is 3.32. The number of anilines is 1. The van der Waals surface area contributed by atoms with Crippen LogP contribution in [0.1, 0.15) is 0 Å². The van der Waals surface area contributed by atoms with E-state index >= 15 is 0 Å². The first-order chi connectivity index (χ1) is 6.25. The van der Waals surface area contributed by atoms with E-state index in [-0.39, 0.29) is 5.95 Å². The molecule has 2 aromatic heterocycles. The number of hydrogen-bond acceptors (Lipinski definition) is 4. The molecule has 0 saturated heterocycles. The van der Waals surface area contributed by atoms with Gasteiger partial charge in [-0.05, 0) is 18.2 Å². The minimum atomic E-state index is 0.280. The highest BCUT2D eigenvalue weighted by atomic mass is 35.5. The molecule has 0 saturated carbocycles. The number of nitrogens with zero attached hydrogens (tertiary/aromatic N) is 2. The molecule has 0 radical (unpaired) electrons. The zero-order valence-corrected chi connectivity index (χ0v) is 8.14. The predicted octanol–water partition coefficient (Wildman–Crippen LogP) is 2.44. The van der Waals surface area contributed by atoms with E-state index in [0.29, 0.717) is 0 Å². The van der Waals surface area contributed by atoms with Crippen LogP contribution in [0.25, 0.3) is 10.6 Å². The number of halogens is 1. The van der Waals surface area contributed by atoms with E-state index < -0.39 is 0 Å². The lowest BCUT2D eigenvalue weighted by Crippen LogP contribution is -1.93. The number of thiophene rings is 1. The van der Waals surface area contributed by atoms with Gasteiger partial charge in [-0.3, -0.25) is 0 Å². The van der Waals surface area contributed by atoms with Crippen molar-refractivity contribution in [2.75, 3.05) is 5.73 Å². The molecular formula is C8H6ClN3S. The Morgan fingerprint density at radius 1 is 1.31 bits per heavy atom. The molecule has 0 amide bonds. The fourth-order valence-corrected chi connectivity index (χ4v) is 1.98. The van der Waals surface area contributed by atoms with Gasteiger partial charge in [0, 0.05) is 6.20 Å². The van der Waals surface area contributed by atoms with Gasteiger partial charge in [0.25, 0.3) is 0 Å². The van der Waals surface area contributed by atoms with Gasteiger partial charge >= 0.3 is 0 Å². The normalized spacial score (nSPS) is 10.2. The predicted molar refractivity (Wildman–Crippen MR) is 54.8 cm³/mol. The standard InChI is InChI=1S/C8H6ClN3S/c9-7-2-1-6(13-7)5-3-4-11-8(10)12-5/h1-4H,(H2,10,11,12). The van der Waals surface area contributed by atoms with Crippen LogP contribution in [0.3, 0.4) is 0 Å². The molecule has 0 aliphatic carbocycles. The molecule has 66 valence electrons. The molecule has 2 rings (SSSR count). The molecule has 13 heavy (non-hydrogen) atoms. The first-order valence-corrected chi connectivity index (χ1v) is 4.79. The van der Waals surface area contributed by atoms with E-state index in [1.54, 1.807) is 12.3 Å². The maximum absolute atomic E-state index is 5.79. The van der Waals surface area contributed by atoms with Crippen LogP contribution in [-0.2, 0) is 0 Å². The Morgan fingerprint density at radius 3 is 2.77 bits per heavy atom. The molecule has 0 bridgehead atoms. The summed E-state index contributed by atoms with van der Waals surface area (Å²) in [6.45, 7) is 0. The summed E-state index contributed by atoms with van der Waals surface area (Å²) < 4.78 is 0.743. The third kappa shape index (κ3) is 1.79. The second-order valence-electron chi connectivity index (χ2n) is 2.40. The first-order valence-electron chi connectivity index (χ1n) is 3.60. The minimum Gasteiger partial charge on any atom is -0.368 e. The summed E-state index contributed by atoms with van der Waals surface area (Å²) in [6.07, 6.45) is 1.63. The average Bonchev–Trinajstić information content (AvgIpc) is 2.52. The highest BCUT2D eigenvalue weighted by Gasteiger charge is 2.02. The molecule has 0 atom stereocenters. The molecule has 0 spiro atoms. The summed E-state index contributed by atoms with van der Waals surface area (Å²) >= 11 is 7.26. The number of hydrogen-bond donors (Lipinski definition) is 1. The van der Waals surface area contributed by atoms with E-state index in [1.165, 1.54) is 11.3 Å². The number of aromatic nitrogens is 2. The SMILES string of the molecule is Nc1nccc(-c2ccc(Cl)s2)n1. The first kappa shape index (κ1) is 8.47. The maximum Gasteiger partial charge on any atom is 0.220 e. The van der Waals surface area contributed by atoms with Crippen LogP contribution in [0, 0.1) is 0 Å². The zero-order valence-electron chi connectivity index (χ0n) is 6.57. The van der Waals surface area contributed by atoms with Gasteiger partial charge in [0.2, 0.25) is 5.95 Å². The monoisotopic (exact) mass is 211 g/mol. The van der Waals surface area contributed by atoms with Crippen LogP contribution >= 0.6 is 22.9 Å². The maximum atomic E-state index is 5.79. The van der Waals surface area contributed by atoms with Crippen molar-refractivity contribution in [1.29, 1.82) is 0 Å². The summed E-state index contributed by atoms with van der Waals surface area (Å²) in [5.41, 5.74) is 6.26. The van der Waals surface area contributed by atoms with Crippen molar-refractivity contribution in [2.45, 2.75) is 0 Å². The highest BCUT2D eigenvalue weighted by Crippen LogP contribution is 2.29. The minimum absolute atomic E-state index is 0.280. The van der Waals surface area contributed by atoms with E-state index in [4.69, 9.17) is 17.3 Å². The molecule has 0 aliphatic rings. The molecule has 2 aromatic rings. The van der Waals surface area contributed by atoms with Crippen molar-refractivity contribution in [3.8, 4) is 10.6 Å². The van der Waals surface area contributed by atoms with Crippen molar-refractivity contribution in [3.63, 3.8) is 0 Å². The lowest BCUT2D eigenvalue weighted by molar-refractivity contribution is 1.19. The van der Waals surface area contributed by atoms with Gasteiger partial charge in [0.1, 0.15) is 0 Å².